The summed E-state index contributed by atoms with van der Waals surface area (Å²) in [6.45, 7) is 4.45. The second-order valence-corrected chi connectivity index (χ2v) is 8.14. The van der Waals surface area contributed by atoms with Gasteiger partial charge in [-0.2, -0.15) is 0 Å². The number of hydrogen-bond donors (Lipinski definition) is 1. The van der Waals surface area contributed by atoms with Crippen LogP contribution in [0.25, 0.3) is 11.5 Å². The molecular formula is C23H20N6O3S. The number of amides is 1. The summed E-state index contributed by atoms with van der Waals surface area (Å²) in [4.78, 5) is 28.6. The third-order valence-corrected chi connectivity index (χ3v) is 5.91. The molecule has 9 nitrogen and oxygen atoms in total. The number of nitrogens with zero attached hydrogens (tertiary/aromatic N) is 5. The summed E-state index contributed by atoms with van der Waals surface area (Å²) in [7, 11) is 0. The number of anilines is 1. The van der Waals surface area contributed by atoms with E-state index in [9.17, 15) is 14.9 Å². The standard InChI is InChI=1S/C23H20N6O3S/c1-3-28-21(18-6-4-5-13-24-18)26-27-23(28)33-20-12-9-16(14-19(20)29(31)32)22(30)25-17-10-7-15(2)8-11-17/h4-14H,3H2,1-2H3,(H,25,30). The normalized spacial score (nSPS) is 10.7. The van der Waals surface area contributed by atoms with Crippen LogP contribution in [-0.2, 0) is 6.54 Å². The molecule has 2 heterocycles. The van der Waals surface area contributed by atoms with Crippen molar-refractivity contribution in [1.29, 1.82) is 0 Å². The predicted octanol–water partition coefficient (Wildman–Crippen LogP) is 4.98. The highest BCUT2D eigenvalue weighted by atomic mass is 32.2. The fourth-order valence-corrected chi connectivity index (χ4v) is 4.14. The molecule has 2 aromatic heterocycles. The lowest BCUT2D eigenvalue weighted by Gasteiger charge is -2.09. The van der Waals surface area contributed by atoms with E-state index in [2.05, 4.69) is 20.5 Å². The average Bonchev–Trinajstić information content (AvgIpc) is 3.23. The van der Waals surface area contributed by atoms with Gasteiger partial charge in [-0.15, -0.1) is 10.2 Å². The van der Waals surface area contributed by atoms with E-state index in [1.54, 1.807) is 30.5 Å². The first-order valence-corrected chi connectivity index (χ1v) is 11.0. The molecule has 4 rings (SSSR count). The van der Waals surface area contributed by atoms with Crippen LogP contribution in [0.1, 0.15) is 22.8 Å². The molecule has 0 radical (unpaired) electrons. The lowest BCUT2D eigenvalue weighted by molar-refractivity contribution is -0.387. The van der Waals surface area contributed by atoms with E-state index in [0.717, 1.165) is 17.3 Å². The van der Waals surface area contributed by atoms with E-state index < -0.39 is 10.8 Å². The van der Waals surface area contributed by atoms with Crippen LogP contribution in [0, 0.1) is 17.0 Å². The number of carbonyl (C=O) groups excluding carboxylic acids is 1. The van der Waals surface area contributed by atoms with Gasteiger partial charge < -0.3 is 9.88 Å². The second-order valence-electron chi connectivity index (χ2n) is 7.13. The number of aromatic nitrogens is 4. The molecule has 0 spiro atoms. The average molecular weight is 461 g/mol. The molecule has 10 heteroatoms. The van der Waals surface area contributed by atoms with Gasteiger partial charge >= 0.3 is 0 Å². The van der Waals surface area contributed by atoms with Crippen molar-refractivity contribution in [2.24, 2.45) is 0 Å². The maximum absolute atomic E-state index is 12.6. The third kappa shape index (κ3) is 4.90. The van der Waals surface area contributed by atoms with E-state index in [-0.39, 0.29) is 11.3 Å². The highest BCUT2D eigenvalue weighted by Crippen LogP contribution is 2.36. The zero-order valence-corrected chi connectivity index (χ0v) is 18.7. The van der Waals surface area contributed by atoms with E-state index >= 15 is 0 Å². The molecular weight excluding hydrogens is 440 g/mol. The van der Waals surface area contributed by atoms with E-state index in [0.29, 0.717) is 33.8 Å². The first-order chi connectivity index (χ1) is 16.0. The van der Waals surface area contributed by atoms with Crippen LogP contribution in [0.15, 0.2) is 76.9 Å². The fraction of sp³-hybridized carbons (Fsp3) is 0.130. The Morgan fingerprint density at radius 1 is 1.12 bits per heavy atom. The highest BCUT2D eigenvalue weighted by Gasteiger charge is 2.22. The monoisotopic (exact) mass is 460 g/mol. The second kappa shape index (κ2) is 9.61. The first kappa shape index (κ1) is 22.2. The van der Waals surface area contributed by atoms with Crippen molar-refractivity contribution in [3.63, 3.8) is 0 Å². The molecule has 0 aliphatic rings. The van der Waals surface area contributed by atoms with Gasteiger partial charge in [0, 0.05) is 30.1 Å². The minimum atomic E-state index is -0.503. The van der Waals surface area contributed by atoms with Gasteiger partial charge in [0.1, 0.15) is 5.69 Å². The lowest BCUT2D eigenvalue weighted by Crippen LogP contribution is -2.12. The van der Waals surface area contributed by atoms with Crippen molar-refractivity contribution in [2.75, 3.05) is 5.32 Å². The maximum atomic E-state index is 12.6. The summed E-state index contributed by atoms with van der Waals surface area (Å²) in [5, 5.41) is 23.5. The number of nitrogens with one attached hydrogen (secondary N) is 1. The van der Waals surface area contributed by atoms with Gasteiger partial charge in [0.05, 0.1) is 9.82 Å². The molecule has 0 atom stereocenters. The Hall–Kier alpha value is -4.05. The zero-order valence-electron chi connectivity index (χ0n) is 17.9. The van der Waals surface area contributed by atoms with Crippen molar-refractivity contribution in [3.05, 3.63) is 88.1 Å². The predicted molar refractivity (Wildman–Crippen MR) is 125 cm³/mol. The Kier molecular flexibility index (Phi) is 6.45. The van der Waals surface area contributed by atoms with Gasteiger partial charge in [0.25, 0.3) is 11.6 Å². The van der Waals surface area contributed by atoms with Crippen LogP contribution in [0.4, 0.5) is 11.4 Å². The zero-order chi connectivity index (χ0) is 23.4. The minimum Gasteiger partial charge on any atom is -0.322 e. The van der Waals surface area contributed by atoms with E-state index in [1.165, 1.54) is 6.07 Å². The van der Waals surface area contributed by atoms with E-state index in [1.807, 2.05) is 48.7 Å². The summed E-state index contributed by atoms with van der Waals surface area (Å²) >= 11 is 1.12. The van der Waals surface area contributed by atoms with Gasteiger partial charge in [-0.25, -0.2) is 0 Å². The van der Waals surface area contributed by atoms with Gasteiger partial charge in [-0.1, -0.05) is 23.8 Å². The molecule has 0 saturated heterocycles. The molecule has 4 aromatic rings. The molecule has 0 aliphatic heterocycles. The van der Waals surface area contributed by atoms with Crippen LogP contribution < -0.4 is 5.32 Å². The largest absolute Gasteiger partial charge is 0.322 e. The quantitative estimate of drug-likeness (QED) is 0.305. The topological polar surface area (TPSA) is 116 Å². The van der Waals surface area contributed by atoms with Gasteiger partial charge in [0.2, 0.25) is 0 Å². The summed E-state index contributed by atoms with van der Waals surface area (Å²) < 4.78 is 1.84. The SMILES string of the molecule is CCn1c(Sc2ccc(C(=O)Nc3ccc(C)cc3)cc2[N+](=O)[O-])nnc1-c1ccccn1. The van der Waals surface area contributed by atoms with Crippen LogP contribution in [0.5, 0.6) is 0 Å². The highest BCUT2D eigenvalue weighted by molar-refractivity contribution is 7.99. The molecule has 2 aromatic carbocycles. The number of aryl methyl sites for hydroxylation is 1. The summed E-state index contributed by atoms with van der Waals surface area (Å²) in [6, 6.07) is 17.2. The van der Waals surface area contributed by atoms with Crippen molar-refractivity contribution in [1.82, 2.24) is 19.7 Å². The van der Waals surface area contributed by atoms with Crippen molar-refractivity contribution < 1.29 is 9.72 Å². The molecule has 0 aliphatic carbocycles. The lowest BCUT2D eigenvalue weighted by atomic mass is 10.1. The van der Waals surface area contributed by atoms with Crippen molar-refractivity contribution >= 4 is 29.0 Å². The van der Waals surface area contributed by atoms with E-state index in [4.69, 9.17) is 0 Å². The van der Waals surface area contributed by atoms with Crippen LogP contribution in [0.3, 0.4) is 0 Å². The summed E-state index contributed by atoms with van der Waals surface area (Å²) in [5.74, 6) is 0.157. The summed E-state index contributed by atoms with van der Waals surface area (Å²) in [6.07, 6.45) is 1.67. The minimum absolute atomic E-state index is 0.179. The Morgan fingerprint density at radius 2 is 1.91 bits per heavy atom. The Balaban J connectivity index is 1.61. The maximum Gasteiger partial charge on any atom is 0.284 e. The number of carbonyl (C=O) groups is 1. The van der Waals surface area contributed by atoms with Crippen LogP contribution in [-0.4, -0.2) is 30.6 Å². The molecule has 0 unspecified atom stereocenters. The number of rotatable bonds is 7. The van der Waals surface area contributed by atoms with Crippen molar-refractivity contribution in [2.45, 2.75) is 30.4 Å². The molecule has 33 heavy (non-hydrogen) atoms. The van der Waals surface area contributed by atoms with Gasteiger partial charge in [0.15, 0.2) is 11.0 Å². The molecule has 1 amide bonds. The Bertz CT molecular complexity index is 1310. The number of nitro benzene ring substituents is 1. The van der Waals surface area contributed by atoms with Crippen LogP contribution in [0.2, 0.25) is 0 Å². The third-order valence-electron chi connectivity index (χ3n) is 4.86. The summed E-state index contributed by atoms with van der Waals surface area (Å²) in [5.41, 5.74) is 2.36. The number of hydrogen-bond acceptors (Lipinski definition) is 7. The molecule has 0 saturated carbocycles. The van der Waals surface area contributed by atoms with Crippen molar-refractivity contribution in [3.8, 4) is 11.5 Å². The molecule has 0 bridgehead atoms. The number of pyridine rings is 1. The number of benzene rings is 2. The fourth-order valence-electron chi connectivity index (χ4n) is 3.16. The molecule has 166 valence electrons. The smallest absolute Gasteiger partial charge is 0.284 e. The van der Waals surface area contributed by atoms with Gasteiger partial charge in [-0.05, 0) is 62.0 Å². The Morgan fingerprint density at radius 3 is 2.58 bits per heavy atom. The first-order valence-electron chi connectivity index (χ1n) is 10.1. The molecule has 0 fully saturated rings. The van der Waals surface area contributed by atoms with Gasteiger partial charge in [-0.3, -0.25) is 19.9 Å². The molecule has 1 N–H and O–H groups in total. The van der Waals surface area contributed by atoms with Crippen LogP contribution >= 0.6 is 11.8 Å². The number of nitro groups is 1. The Labute approximate surface area is 194 Å².